The van der Waals surface area contributed by atoms with Gasteiger partial charge in [-0.25, -0.2) is 0 Å². The summed E-state index contributed by atoms with van der Waals surface area (Å²) in [6.45, 7) is 0.576. The van der Waals surface area contributed by atoms with E-state index in [9.17, 15) is 4.79 Å². The van der Waals surface area contributed by atoms with Crippen molar-refractivity contribution in [2.45, 2.75) is 6.54 Å². The summed E-state index contributed by atoms with van der Waals surface area (Å²) in [6, 6.07) is 15.4. The van der Waals surface area contributed by atoms with E-state index in [1.54, 1.807) is 11.6 Å². The van der Waals surface area contributed by atoms with Gasteiger partial charge in [0.2, 0.25) is 0 Å². The minimum atomic E-state index is -0.275. The van der Waals surface area contributed by atoms with Crippen molar-refractivity contribution in [2.24, 2.45) is 7.05 Å². The van der Waals surface area contributed by atoms with Crippen LogP contribution in [-0.2, 0) is 13.6 Å². The van der Waals surface area contributed by atoms with Crippen molar-refractivity contribution in [3.63, 3.8) is 0 Å². The number of hydrogen-bond acceptors (Lipinski definition) is 3. The highest BCUT2D eigenvalue weighted by molar-refractivity contribution is 6.30. The Morgan fingerprint density at radius 3 is 2.73 bits per heavy atom. The van der Waals surface area contributed by atoms with Crippen molar-refractivity contribution in [3.8, 4) is 0 Å². The smallest absolute Gasteiger partial charge is 0.334 e. The van der Waals surface area contributed by atoms with Crippen molar-refractivity contribution in [1.82, 2.24) is 9.78 Å². The van der Waals surface area contributed by atoms with Gasteiger partial charge in [0.1, 0.15) is 7.05 Å². The Hall–Kier alpha value is -3.12. The Balaban J connectivity index is 1.68. The third-order valence-electron chi connectivity index (χ3n) is 4.15. The summed E-state index contributed by atoms with van der Waals surface area (Å²) in [4.78, 5) is 12.5. The van der Waals surface area contributed by atoms with Crippen molar-refractivity contribution >= 4 is 34.2 Å². The van der Waals surface area contributed by atoms with Gasteiger partial charge in [0.25, 0.3) is 0 Å². The number of oxazole rings is 1. The van der Waals surface area contributed by atoms with Crippen molar-refractivity contribution < 1.29 is 13.8 Å². The van der Waals surface area contributed by atoms with Crippen LogP contribution in [0.1, 0.15) is 16.1 Å². The fourth-order valence-corrected chi connectivity index (χ4v) is 2.94. The van der Waals surface area contributed by atoms with Crippen LogP contribution in [0.25, 0.3) is 10.9 Å². The van der Waals surface area contributed by atoms with Gasteiger partial charge in [-0.1, -0.05) is 35.9 Å². The molecule has 6 nitrogen and oxygen atoms in total. The Morgan fingerprint density at radius 2 is 2.00 bits per heavy atom. The Bertz CT molecular complexity index is 1080. The molecule has 2 heterocycles. The molecule has 1 N–H and O–H groups in total. The zero-order valence-corrected chi connectivity index (χ0v) is 14.8. The highest BCUT2D eigenvalue weighted by Gasteiger charge is 2.21. The molecule has 0 aliphatic rings. The number of aromatic nitrogens is 3. The standard InChI is InChI=1S/C19H15ClN4O2/c1-23-12-26-11-17(23)19(25)21-18-15-4-2-3-5-16(15)24(22-18)10-13-6-8-14(20)9-7-13/h2-9,11-12H,10H2,1H3/p+1. The van der Waals surface area contributed by atoms with E-state index < -0.39 is 0 Å². The maximum absolute atomic E-state index is 12.5. The summed E-state index contributed by atoms with van der Waals surface area (Å²) in [5.74, 6) is 0.240. The van der Waals surface area contributed by atoms with E-state index in [2.05, 4.69) is 10.4 Å². The van der Waals surface area contributed by atoms with E-state index in [4.69, 9.17) is 16.0 Å². The van der Waals surface area contributed by atoms with Gasteiger partial charge in [0.05, 0.1) is 12.1 Å². The van der Waals surface area contributed by atoms with Gasteiger partial charge in [0, 0.05) is 10.4 Å². The van der Waals surface area contributed by atoms with Gasteiger partial charge in [-0.2, -0.15) is 9.67 Å². The molecule has 0 aliphatic carbocycles. The number of carbonyl (C=O) groups excluding carboxylic acids is 1. The molecule has 4 aromatic rings. The van der Waals surface area contributed by atoms with E-state index in [0.29, 0.717) is 23.1 Å². The second-order valence-electron chi connectivity index (χ2n) is 5.96. The van der Waals surface area contributed by atoms with Crippen molar-refractivity contribution in [2.75, 3.05) is 5.32 Å². The molecule has 0 atom stereocenters. The highest BCUT2D eigenvalue weighted by Crippen LogP contribution is 2.24. The van der Waals surface area contributed by atoms with Crippen LogP contribution in [0.15, 0.2) is 65.6 Å². The fraction of sp³-hybridized carbons (Fsp3) is 0.105. The van der Waals surface area contributed by atoms with Crippen LogP contribution >= 0.6 is 11.6 Å². The van der Waals surface area contributed by atoms with E-state index in [1.165, 1.54) is 12.7 Å². The lowest BCUT2D eigenvalue weighted by atomic mass is 10.2. The van der Waals surface area contributed by atoms with Crippen molar-refractivity contribution in [3.05, 3.63) is 77.5 Å². The number of para-hydroxylation sites is 1. The quantitative estimate of drug-likeness (QED) is 0.562. The molecule has 2 aromatic heterocycles. The zero-order chi connectivity index (χ0) is 18.1. The molecule has 1 amide bonds. The summed E-state index contributed by atoms with van der Waals surface area (Å²) >= 11 is 5.95. The molecule has 0 aliphatic heterocycles. The molecule has 0 saturated carbocycles. The zero-order valence-electron chi connectivity index (χ0n) is 14.0. The molecule has 0 radical (unpaired) electrons. The Kier molecular flexibility index (Phi) is 4.18. The van der Waals surface area contributed by atoms with Gasteiger partial charge in [-0.05, 0) is 29.8 Å². The maximum atomic E-state index is 12.5. The molecule has 4 rings (SSSR count). The molecule has 26 heavy (non-hydrogen) atoms. The number of hydrogen-bond donors (Lipinski definition) is 1. The predicted molar refractivity (Wildman–Crippen MR) is 98.1 cm³/mol. The van der Waals surface area contributed by atoms with Gasteiger partial charge < -0.3 is 4.42 Å². The predicted octanol–water partition coefficient (Wildman–Crippen LogP) is 3.41. The number of aryl methyl sites for hydroxylation is 1. The van der Waals surface area contributed by atoms with Crippen LogP contribution in [-0.4, -0.2) is 15.7 Å². The van der Waals surface area contributed by atoms with Crippen LogP contribution in [0.5, 0.6) is 0 Å². The monoisotopic (exact) mass is 367 g/mol. The van der Waals surface area contributed by atoms with Crippen LogP contribution in [0.2, 0.25) is 5.02 Å². The molecule has 0 spiro atoms. The van der Waals surface area contributed by atoms with Crippen LogP contribution < -0.4 is 9.88 Å². The van der Waals surface area contributed by atoms with E-state index in [-0.39, 0.29) is 5.91 Å². The highest BCUT2D eigenvalue weighted by atomic mass is 35.5. The minimum Gasteiger partial charge on any atom is -0.411 e. The number of nitrogens with one attached hydrogen (secondary N) is 1. The number of nitrogens with zero attached hydrogens (tertiary/aromatic N) is 3. The molecular weight excluding hydrogens is 352 g/mol. The lowest BCUT2D eigenvalue weighted by molar-refractivity contribution is -0.676. The minimum absolute atomic E-state index is 0.275. The number of carbonyl (C=O) groups is 1. The summed E-state index contributed by atoms with van der Waals surface area (Å²) in [7, 11) is 1.75. The topological polar surface area (TPSA) is 63.9 Å². The SMILES string of the molecule is C[n+]1cocc1C(=O)Nc1nn(Cc2ccc(Cl)cc2)c2ccccc12. The second kappa shape index (κ2) is 6.65. The summed E-state index contributed by atoms with van der Waals surface area (Å²) in [5.41, 5.74) is 2.43. The van der Waals surface area contributed by atoms with Crippen molar-refractivity contribution in [1.29, 1.82) is 0 Å². The lowest BCUT2D eigenvalue weighted by Crippen LogP contribution is -2.35. The number of fused-ring (bicyclic) bond motifs is 1. The number of amides is 1. The van der Waals surface area contributed by atoms with E-state index in [1.807, 2.05) is 53.2 Å². The molecule has 130 valence electrons. The third kappa shape index (κ3) is 3.07. The number of benzene rings is 2. The fourth-order valence-electron chi connectivity index (χ4n) is 2.81. The van der Waals surface area contributed by atoms with Crippen LogP contribution in [0.4, 0.5) is 5.82 Å². The molecule has 0 saturated heterocycles. The molecule has 7 heteroatoms. The first-order chi connectivity index (χ1) is 12.6. The first-order valence-corrected chi connectivity index (χ1v) is 8.43. The molecule has 0 bridgehead atoms. The third-order valence-corrected chi connectivity index (χ3v) is 4.40. The number of halogens is 1. The first kappa shape index (κ1) is 16.4. The maximum Gasteiger partial charge on any atom is 0.334 e. The molecule has 2 aromatic carbocycles. The van der Waals surface area contributed by atoms with Gasteiger partial charge >= 0.3 is 18.0 Å². The first-order valence-electron chi connectivity index (χ1n) is 8.05. The van der Waals surface area contributed by atoms with E-state index in [0.717, 1.165) is 16.5 Å². The van der Waals surface area contributed by atoms with Gasteiger partial charge in [-0.3, -0.25) is 14.8 Å². The number of rotatable bonds is 4. The summed E-state index contributed by atoms with van der Waals surface area (Å²) in [6.07, 6.45) is 2.87. The second-order valence-corrected chi connectivity index (χ2v) is 6.40. The largest absolute Gasteiger partial charge is 0.411 e. The molecule has 0 unspecified atom stereocenters. The van der Waals surface area contributed by atoms with Gasteiger partial charge in [-0.15, -0.1) is 0 Å². The lowest BCUT2D eigenvalue weighted by Gasteiger charge is -2.03. The Morgan fingerprint density at radius 1 is 1.23 bits per heavy atom. The normalized spacial score (nSPS) is 11.0. The van der Waals surface area contributed by atoms with Gasteiger partial charge in [0.15, 0.2) is 12.1 Å². The average Bonchev–Trinajstić information content (AvgIpc) is 3.22. The average molecular weight is 368 g/mol. The molecule has 0 fully saturated rings. The van der Waals surface area contributed by atoms with Crippen LogP contribution in [0.3, 0.4) is 0 Å². The van der Waals surface area contributed by atoms with E-state index >= 15 is 0 Å². The molecular formula is C19H16ClN4O2+. The summed E-state index contributed by atoms with van der Waals surface area (Å²) < 4.78 is 8.53. The number of anilines is 1. The van der Waals surface area contributed by atoms with Crippen LogP contribution in [0, 0.1) is 0 Å². The Labute approximate surface area is 154 Å². The summed E-state index contributed by atoms with van der Waals surface area (Å²) in [5, 5.41) is 9.04.